The maximum Gasteiger partial charge on any atom is 0.0953 e. The summed E-state index contributed by atoms with van der Waals surface area (Å²) in [6.07, 6.45) is 3.50. The highest BCUT2D eigenvalue weighted by Gasteiger charge is 2.15. The fraction of sp³-hybridized carbons (Fsp3) is 0.273. The van der Waals surface area contributed by atoms with Gasteiger partial charge in [0.15, 0.2) is 0 Å². The lowest BCUT2D eigenvalue weighted by Crippen LogP contribution is -2.17. The van der Waals surface area contributed by atoms with Gasteiger partial charge in [-0.05, 0) is 41.9 Å². The highest BCUT2D eigenvalue weighted by atomic mass is 32.1. The minimum Gasteiger partial charge on any atom is -0.472 e. The van der Waals surface area contributed by atoms with Gasteiger partial charge in [-0.25, -0.2) is 0 Å². The monoisotopic (exact) mass is 207 g/mol. The van der Waals surface area contributed by atoms with E-state index in [0.29, 0.717) is 0 Å². The molecule has 0 fully saturated rings. The Bertz CT molecular complexity index is 391. The Morgan fingerprint density at radius 3 is 2.79 bits per heavy atom. The summed E-state index contributed by atoms with van der Waals surface area (Å²) in [5.41, 5.74) is 3.84. The van der Waals surface area contributed by atoms with Gasteiger partial charge in [-0.2, -0.15) is 11.3 Å². The molecule has 2 heterocycles. The molecule has 1 atom stereocenters. The van der Waals surface area contributed by atoms with Crippen LogP contribution in [0.3, 0.4) is 0 Å². The van der Waals surface area contributed by atoms with Gasteiger partial charge >= 0.3 is 0 Å². The standard InChI is InChI=1S/C11H13NOS/c1-8-6-14-7-10(8)11(12-2)9-3-4-13-5-9/h3-7,11-12H,1-2H3. The number of rotatable bonds is 3. The quantitative estimate of drug-likeness (QED) is 0.837. The van der Waals surface area contributed by atoms with Crippen molar-refractivity contribution < 1.29 is 4.42 Å². The van der Waals surface area contributed by atoms with Gasteiger partial charge in [0, 0.05) is 5.56 Å². The van der Waals surface area contributed by atoms with E-state index < -0.39 is 0 Å². The molecule has 2 rings (SSSR count). The zero-order valence-electron chi connectivity index (χ0n) is 8.28. The van der Waals surface area contributed by atoms with Crippen molar-refractivity contribution in [1.29, 1.82) is 0 Å². The average molecular weight is 207 g/mol. The second kappa shape index (κ2) is 3.98. The largest absolute Gasteiger partial charge is 0.472 e. The maximum absolute atomic E-state index is 5.10. The molecule has 0 amide bonds. The minimum atomic E-state index is 0.250. The summed E-state index contributed by atoms with van der Waals surface area (Å²) < 4.78 is 5.10. The predicted octanol–water partition coefficient (Wildman–Crippen LogP) is 2.96. The molecule has 0 aliphatic rings. The Hall–Kier alpha value is -1.06. The normalized spacial score (nSPS) is 13.0. The van der Waals surface area contributed by atoms with Gasteiger partial charge in [-0.15, -0.1) is 0 Å². The Morgan fingerprint density at radius 1 is 1.43 bits per heavy atom. The van der Waals surface area contributed by atoms with E-state index in [0.717, 1.165) is 0 Å². The molecule has 0 aromatic carbocycles. The van der Waals surface area contributed by atoms with E-state index in [1.807, 2.05) is 13.1 Å². The van der Waals surface area contributed by atoms with Crippen LogP contribution in [-0.4, -0.2) is 7.05 Å². The molecule has 2 aromatic rings. The fourth-order valence-corrected chi connectivity index (χ4v) is 2.48. The van der Waals surface area contributed by atoms with Crippen LogP contribution in [0.1, 0.15) is 22.7 Å². The van der Waals surface area contributed by atoms with Crippen LogP contribution in [0.4, 0.5) is 0 Å². The molecular weight excluding hydrogens is 194 g/mol. The van der Waals surface area contributed by atoms with Crippen LogP contribution in [-0.2, 0) is 0 Å². The van der Waals surface area contributed by atoms with Crippen LogP contribution in [0.2, 0.25) is 0 Å². The van der Waals surface area contributed by atoms with Crippen molar-refractivity contribution in [2.24, 2.45) is 0 Å². The average Bonchev–Trinajstić information content (AvgIpc) is 2.80. The van der Waals surface area contributed by atoms with Crippen molar-refractivity contribution in [3.05, 3.63) is 46.0 Å². The van der Waals surface area contributed by atoms with Crippen LogP contribution in [0.25, 0.3) is 0 Å². The van der Waals surface area contributed by atoms with Crippen LogP contribution in [0.5, 0.6) is 0 Å². The number of thiophene rings is 1. The van der Waals surface area contributed by atoms with Gasteiger partial charge in [0.1, 0.15) is 0 Å². The third kappa shape index (κ3) is 1.61. The number of aryl methyl sites for hydroxylation is 1. The lowest BCUT2D eigenvalue weighted by atomic mass is 10.0. The third-order valence-corrected chi connectivity index (χ3v) is 3.25. The van der Waals surface area contributed by atoms with Gasteiger partial charge in [0.2, 0.25) is 0 Å². The summed E-state index contributed by atoms with van der Waals surface area (Å²) in [4.78, 5) is 0. The number of furan rings is 1. The molecule has 0 aliphatic carbocycles. The molecule has 2 aromatic heterocycles. The van der Waals surface area contributed by atoms with Crippen LogP contribution < -0.4 is 5.32 Å². The summed E-state index contributed by atoms with van der Waals surface area (Å²) >= 11 is 1.74. The smallest absolute Gasteiger partial charge is 0.0953 e. The molecule has 1 N–H and O–H groups in total. The molecule has 3 heteroatoms. The Labute approximate surface area is 87.6 Å². The molecule has 2 nitrogen and oxygen atoms in total. The topological polar surface area (TPSA) is 25.2 Å². The van der Waals surface area contributed by atoms with Crippen LogP contribution in [0.15, 0.2) is 33.8 Å². The highest BCUT2D eigenvalue weighted by Crippen LogP contribution is 2.27. The van der Waals surface area contributed by atoms with Gasteiger partial charge in [-0.1, -0.05) is 0 Å². The van der Waals surface area contributed by atoms with Crippen LogP contribution >= 0.6 is 11.3 Å². The molecule has 0 spiro atoms. The van der Waals surface area contributed by atoms with E-state index in [-0.39, 0.29) is 6.04 Å². The molecule has 1 unspecified atom stereocenters. The number of hydrogen-bond donors (Lipinski definition) is 1. The van der Waals surface area contributed by atoms with E-state index in [9.17, 15) is 0 Å². The summed E-state index contributed by atoms with van der Waals surface area (Å²) in [5, 5.41) is 7.64. The van der Waals surface area contributed by atoms with Crippen LogP contribution in [0, 0.1) is 6.92 Å². The van der Waals surface area contributed by atoms with Gasteiger partial charge in [-0.3, -0.25) is 0 Å². The van der Waals surface area contributed by atoms with Crippen molar-refractivity contribution in [2.45, 2.75) is 13.0 Å². The van der Waals surface area contributed by atoms with Crippen molar-refractivity contribution >= 4 is 11.3 Å². The van der Waals surface area contributed by atoms with E-state index >= 15 is 0 Å². The molecule has 0 radical (unpaired) electrons. The van der Waals surface area contributed by atoms with E-state index in [4.69, 9.17) is 4.42 Å². The van der Waals surface area contributed by atoms with Crippen molar-refractivity contribution in [2.75, 3.05) is 7.05 Å². The summed E-state index contributed by atoms with van der Waals surface area (Å²) in [7, 11) is 1.97. The van der Waals surface area contributed by atoms with E-state index in [1.165, 1.54) is 16.7 Å². The molecule has 0 saturated carbocycles. The summed E-state index contributed by atoms with van der Waals surface area (Å²) in [5.74, 6) is 0. The first-order chi connectivity index (χ1) is 6.83. The van der Waals surface area contributed by atoms with Crippen molar-refractivity contribution in [3.8, 4) is 0 Å². The van der Waals surface area contributed by atoms with E-state index in [2.05, 4.69) is 23.0 Å². The highest BCUT2D eigenvalue weighted by molar-refractivity contribution is 7.08. The Kier molecular flexibility index (Phi) is 2.70. The number of hydrogen-bond acceptors (Lipinski definition) is 3. The molecule has 0 saturated heterocycles. The molecule has 0 aliphatic heterocycles. The fourth-order valence-electron chi connectivity index (χ4n) is 1.61. The summed E-state index contributed by atoms with van der Waals surface area (Å²) in [6, 6.07) is 2.25. The molecule has 14 heavy (non-hydrogen) atoms. The minimum absolute atomic E-state index is 0.250. The second-order valence-electron chi connectivity index (χ2n) is 3.29. The van der Waals surface area contributed by atoms with E-state index in [1.54, 1.807) is 23.9 Å². The third-order valence-electron chi connectivity index (χ3n) is 2.37. The zero-order valence-corrected chi connectivity index (χ0v) is 9.10. The Balaban J connectivity index is 2.36. The van der Waals surface area contributed by atoms with Crippen molar-refractivity contribution in [3.63, 3.8) is 0 Å². The SMILES string of the molecule is CNC(c1ccoc1)c1cscc1C. The van der Waals surface area contributed by atoms with Gasteiger partial charge in [0.25, 0.3) is 0 Å². The molecular formula is C11H13NOS. The van der Waals surface area contributed by atoms with Gasteiger partial charge in [0.05, 0.1) is 18.6 Å². The molecule has 0 bridgehead atoms. The van der Waals surface area contributed by atoms with Crippen molar-refractivity contribution in [1.82, 2.24) is 5.32 Å². The first-order valence-electron chi connectivity index (χ1n) is 4.55. The Morgan fingerprint density at radius 2 is 2.29 bits per heavy atom. The lowest BCUT2D eigenvalue weighted by Gasteiger charge is -2.14. The first-order valence-corrected chi connectivity index (χ1v) is 5.49. The second-order valence-corrected chi connectivity index (χ2v) is 4.03. The zero-order chi connectivity index (χ0) is 9.97. The lowest BCUT2D eigenvalue weighted by molar-refractivity contribution is 0.557. The summed E-state index contributed by atoms with van der Waals surface area (Å²) in [6.45, 7) is 2.14. The maximum atomic E-state index is 5.10. The number of nitrogens with one attached hydrogen (secondary N) is 1. The molecule has 74 valence electrons. The van der Waals surface area contributed by atoms with Gasteiger partial charge < -0.3 is 9.73 Å². The first kappa shape index (κ1) is 9.49. The predicted molar refractivity (Wildman–Crippen MR) is 58.7 cm³/mol.